The third-order valence-electron chi connectivity index (χ3n) is 3.58. The number of benzene rings is 2. The Morgan fingerprint density at radius 1 is 0.920 bits per heavy atom. The molecule has 0 fully saturated rings. The van der Waals surface area contributed by atoms with E-state index in [2.05, 4.69) is 0 Å². The minimum Gasteiger partial charge on any atom is -0.507 e. The molecule has 0 heterocycles. The Balaban J connectivity index is 2.38. The number of phenols is 1. The molecule has 0 spiro atoms. The van der Waals surface area contributed by atoms with E-state index >= 15 is 0 Å². The first-order chi connectivity index (χ1) is 12.0. The quantitative estimate of drug-likeness (QED) is 0.613. The van der Waals surface area contributed by atoms with Crippen LogP contribution in [-0.4, -0.2) is 39.3 Å². The van der Waals surface area contributed by atoms with Crippen molar-refractivity contribution in [2.45, 2.75) is 0 Å². The summed E-state index contributed by atoms with van der Waals surface area (Å²) >= 11 is 0. The van der Waals surface area contributed by atoms with Gasteiger partial charge in [-0.25, -0.2) is 0 Å². The minimum absolute atomic E-state index is 0.105. The maximum atomic E-state index is 12.4. The molecule has 0 unspecified atom stereocenters. The van der Waals surface area contributed by atoms with E-state index in [0.717, 1.165) is 0 Å². The van der Waals surface area contributed by atoms with Crippen molar-refractivity contribution in [3.05, 3.63) is 47.5 Å². The van der Waals surface area contributed by atoms with E-state index in [1.807, 2.05) is 0 Å². The van der Waals surface area contributed by atoms with Crippen LogP contribution in [0.4, 0.5) is 0 Å². The second kappa shape index (κ2) is 8.10. The van der Waals surface area contributed by atoms with E-state index in [0.29, 0.717) is 28.6 Å². The molecule has 0 atom stereocenters. The average Bonchev–Trinajstić information content (AvgIpc) is 2.64. The molecule has 132 valence electrons. The van der Waals surface area contributed by atoms with Gasteiger partial charge >= 0.3 is 0 Å². The number of carbonyl (C=O) groups is 1. The van der Waals surface area contributed by atoms with Crippen molar-refractivity contribution in [3.8, 4) is 28.7 Å². The number of hydrogen-bond acceptors (Lipinski definition) is 6. The van der Waals surface area contributed by atoms with Crippen molar-refractivity contribution < 1.29 is 28.8 Å². The normalized spacial score (nSPS) is 10.6. The summed E-state index contributed by atoms with van der Waals surface area (Å²) in [6.45, 7) is 0. The molecular weight excluding hydrogens is 324 g/mol. The summed E-state index contributed by atoms with van der Waals surface area (Å²) in [5.74, 6) is 1.21. The Bertz CT molecular complexity index is 769. The van der Waals surface area contributed by atoms with Crippen molar-refractivity contribution >= 4 is 11.9 Å². The Kier molecular flexibility index (Phi) is 5.89. The van der Waals surface area contributed by atoms with Gasteiger partial charge in [0.2, 0.25) is 5.75 Å². The van der Waals surface area contributed by atoms with Crippen LogP contribution in [0.15, 0.2) is 36.4 Å². The molecule has 1 N–H and O–H groups in total. The van der Waals surface area contributed by atoms with Crippen molar-refractivity contribution in [2.75, 3.05) is 28.4 Å². The minimum atomic E-state index is -0.385. The number of allylic oxidation sites excluding steroid dienone is 1. The molecule has 6 nitrogen and oxygen atoms in total. The average molecular weight is 344 g/mol. The van der Waals surface area contributed by atoms with Gasteiger partial charge in [0.25, 0.3) is 0 Å². The van der Waals surface area contributed by atoms with E-state index in [4.69, 9.17) is 18.9 Å². The monoisotopic (exact) mass is 344 g/mol. The van der Waals surface area contributed by atoms with Crippen LogP contribution in [0.1, 0.15) is 15.9 Å². The highest BCUT2D eigenvalue weighted by Gasteiger charge is 2.15. The first-order valence-corrected chi connectivity index (χ1v) is 7.44. The SMILES string of the molecule is COc1cc(C=CC(=O)c2c(O)cccc2OC)cc(OC)c1OC. The van der Waals surface area contributed by atoms with Crippen molar-refractivity contribution in [2.24, 2.45) is 0 Å². The summed E-state index contributed by atoms with van der Waals surface area (Å²) in [5.41, 5.74) is 0.783. The van der Waals surface area contributed by atoms with E-state index in [-0.39, 0.29) is 17.1 Å². The van der Waals surface area contributed by atoms with Crippen LogP contribution in [0, 0.1) is 0 Å². The Morgan fingerprint density at radius 3 is 2.04 bits per heavy atom. The lowest BCUT2D eigenvalue weighted by atomic mass is 10.1. The number of methoxy groups -OCH3 is 4. The van der Waals surface area contributed by atoms with Gasteiger partial charge in [0.1, 0.15) is 17.1 Å². The maximum Gasteiger partial charge on any atom is 0.203 e. The molecule has 6 heteroatoms. The lowest BCUT2D eigenvalue weighted by molar-refractivity contribution is 0.104. The zero-order valence-electron chi connectivity index (χ0n) is 14.5. The molecule has 2 rings (SSSR count). The summed E-state index contributed by atoms with van der Waals surface area (Å²) in [5, 5.41) is 9.93. The number of carbonyl (C=O) groups excluding carboxylic acids is 1. The van der Waals surface area contributed by atoms with E-state index in [9.17, 15) is 9.90 Å². The third kappa shape index (κ3) is 3.85. The molecule has 2 aromatic carbocycles. The Labute approximate surface area is 146 Å². The number of ketones is 1. The number of ether oxygens (including phenoxy) is 4. The summed E-state index contributed by atoms with van der Waals surface area (Å²) < 4.78 is 21.0. The molecular formula is C19H20O6. The zero-order valence-corrected chi connectivity index (χ0v) is 14.5. The largest absolute Gasteiger partial charge is 0.507 e. The van der Waals surface area contributed by atoms with Gasteiger partial charge in [-0.05, 0) is 35.9 Å². The first kappa shape index (κ1) is 18.2. The fourth-order valence-corrected chi connectivity index (χ4v) is 2.39. The molecule has 0 aliphatic rings. The summed E-state index contributed by atoms with van der Waals surface area (Å²) in [6.07, 6.45) is 2.94. The van der Waals surface area contributed by atoms with Crippen molar-refractivity contribution in [1.82, 2.24) is 0 Å². The molecule has 0 aliphatic carbocycles. The van der Waals surface area contributed by atoms with Gasteiger partial charge in [-0.3, -0.25) is 4.79 Å². The number of hydrogen-bond donors (Lipinski definition) is 1. The van der Waals surface area contributed by atoms with Crippen molar-refractivity contribution in [3.63, 3.8) is 0 Å². The fourth-order valence-electron chi connectivity index (χ4n) is 2.39. The highest BCUT2D eigenvalue weighted by Crippen LogP contribution is 2.38. The number of aromatic hydroxyl groups is 1. The van der Waals surface area contributed by atoms with Gasteiger partial charge in [0, 0.05) is 0 Å². The van der Waals surface area contributed by atoms with Gasteiger partial charge in [-0.2, -0.15) is 0 Å². The van der Waals surface area contributed by atoms with Crippen LogP contribution in [0.5, 0.6) is 28.7 Å². The molecule has 0 saturated carbocycles. The smallest absolute Gasteiger partial charge is 0.203 e. The van der Waals surface area contributed by atoms with Gasteiger partial charge in [-0.1, -0.05) is 12.1 Å². The highest BCUT2D eigenvalue weighted by molar-refractivity contribution is 6.10. The second-order valence-electron chi connectivity index (χ2n) is 5.01. The molecule has 0 aliphatic heterocycles. The summed E-state index contributed by atoms with van der Waals surface area (Å²) in [6, 6.07) is 8.08. The Morgan fingerprint density at radius 2 is 1.52 bits per heavy atom. The van der Waals surface area contributed by atoms with E-state index in [1.54, 1.807) is 30.3 Å². The van der Waals surface area contributed by atoms with Crippen molar-refractivity contribution in [1.29, 1.82) is 0 Å². The molecule has 0 radical (unpaired) electrons. The molecule has 0 bridgehead atoms. The van der Waals surface area contributed by atoms with Crippen LogP contribution in [-0.2, 0) is 0 Å². The fraction of sp³-hybridized carbons (Fsp3) is 0.211. The van der Waals surface area contributed by atoms with Gasteiger partial charge in [0.05, 0.1) is 28.4 Å². The molecule has 0 aromatic heterocycles. The predicted molar refractivity (Wildman–Crippen MR) is 94.1 cm³/mol. The lowest BCUT2D eigenvalue weighted by Crippen LogP contribution is -1.99. The first-order valence-electron chi connectivity index (χ1n) is 7.44. The van der Waals surface area contributed by atoms with Crippen LogP contribution >= 0.6 is 0 Å². The van der Waals surface area contributed by atoms with E-state index < -0.39 is 0 Å². The second-order valence-corrected chi connectivity index (χ2v) is 5.01. The van der Waals surface area contributed by atoms with Crippen LogP contribution in [0.3, 0.4) is 0 Å². The predicted octanol–water partition coefficient (Wildman–Crippen LogP) is 3.32. The number of rotatable bonds is 7. The third-order valence-corrected chi connectivity index (χ3v) is 3.58. The molecule has 2 aromatic rings. The lowest BCUT2D eigenvalue weighted by Gasteiger charge is -2.12. The highest BCUT2D eigenvalue weighted by atomic mass is 16.5. The van der Waals surface area contributed by atoms with E-state index in [1.165, 1.54) is 40.6 Å². The molecule has 0 amide bonds. The van der Waals surface area contributed by atoms with Gasteiger partial charge in [0.15, 0.2) is 17.3 Å². The van der Waals surface area contributed by atoms with Crippen LogP contribution in [0.25, 0.3) is 6.08 Å². The maximum absolute atomic E-state index is 12.4. The van der Waals surface area contributed by atoms with Crippen LogP contribution < -0.4 is 18.9 Å². The standard InChI is InChI=1S/C19H20O6/c1-22-15-7-5-6-13(20)18(15)14(21)9-8-12-10-16(23-2)19(25-4)17(11-12)24-3/h5-11,20H,1-4H3. The zero-order chi connectivity index (χ0) is 18.4. The van der Waals surface area contributed by atoms with Gasteiger partial charge in [-0.15, -0.1) is 0 Å². The van der Waals surface area contributed by atoms with Gasteiger partial charge < -0.3 is 24.1 Å². The topological polar surface area (TPSA) is 74.2 Å². The summed E-state index contributed by atoms with van der Waals surface area (Å²) in [7, 11) is 5.99. The summed E-state index contributed by atoms with van der Waals surface area (Å²) in [4.78, 5) is 12.4. The Hall–Kier alpha value is -3.15. The van der Waals surface area contributed by atoms with Crippen LogP contribution in [0.2, 0.25) is 0 Å². The number of phenolic OH excluding ortho intramolecular Hbond substituents is 1. The molecule has 25 heavy (non-hydrogen) atoms. The molecule has 0 saturated heterocycles.